The molecule has 1 fully saturated rings. The number of alkyl halides is 1. The van der Waals surface area contributed by atoms with Crippen LogP contribution in [0.4, 0.5) is 0 Å². The molecule has 1 aliphatic heterocycles. The molecule has 0 aromatic heterocycles. The fourth-order valence-corrected chi connectivity index (χ4v) is 2.17. The largest absolute Gasteiger partial charge is 0.350 e. The summed E-state index contributed by atoms with van der Waals surface area (Å²) in [6.45, 7) is 2.92. The molecular formula is C13H25ClO2. The molecule has 0 saturated carbocycles. The van der Waals surface area contributed by atoms with E-state index in [1.54, 1.807) is 0 Å². The number of ether oxygens (including phenoxy) is 2. The van der Waals surface area contributed by atoms with Crippen LogP contribution in [0.3, 0.4) is 0 Å². The summed E-state index contributed by atoms with van der Waals surface area (Å²) in [6.07, 6.45) is 10.5. The predicted octanol–water partition coefficient (Wildman–Crippen LogP) is 4.11. The van der Waals surface area contributed by atoms with E-state index in [-0.39, 0.29) is 12.4 Å². The van der Waals surface area contributed by atoms with Gasteiger partial charge in [-0.25, -0.2) is 0 Å². The Morgan fingerprint density at radius 2 is 1.75 bits per heavy atom. The van der Waals surface area contributed by atoms with Crippen molar-refractivity contribution in [3.05, 3.63) is 0 Å². The Labute approximate surface area is 105 Å². The Hall–Kier alpha value is 0.210. The second-order valence-electron chi connectivity index (χ2n) is 4.59. The van der Waals surface area contributed by atoms with Gasteiger partial charge in [0, 0.05) is 0 Å². The van der Waals surface area contributed by atoms with E-state index in [0.717, 1.165) is 6.42 Å². The molecule has 16 heavy (non-hydrogen) atoms. The van der Waals surface area contributed by atoms with E-state index >= 15 is 0 Å². The van der Waals surface area contributed by atoms with Crippen molar-refractivity contribution in [1.82, 2.24) is 0 Å². The topological polar surface area (TPSA) is 18.5 Å². The smallest absolute Gasteiger partial charge is 0.158 e. The number of hydrogen-bond acceptors (Lipinski definition) is 2. The van der Waals surface area contributed by atoms with Gasteiger partial charge in [-0.1, -0.05) is 45.4 Å². The van der Waals surface area contributed by atoms with Crippen molar-refractivity contribution in [3.63, 3.8) is 0 Å². The molecule has 2 atom stereocenters. The van der Waals surface area contributed by atoms with Crippen LogP contribution in [0, 0.1) is 0 Å². The van der Waals surface area contributed by atoms with Gasteiger partial charge < -0.3 is 9.47 Å². The van der Waals surface area contributed by atoms with Gasteiger partial charge in [0.15, 0.2) is 6.29 Å². The third-order valence-corrected chi connectivity index (χ3v) is 3.37. The summed E-state index contributed by atoms with van der Waals surface area (Å²) < 4.78 is 11.1. The van der Waals surface area contributed by atoms with Gasteiger partial charge in [-0.05, 0) is 12.8 Å². The number of rotatable bonds is 9. The molecule has 1 heterocycles. The Morgan fingerprint density at radius 1 is 1.06 bits per heavy atom. The Kier molecular flexibility index (Phi) is 8.26. The van der Waals surface area contributed by atoms with Crippen LogP contribution in [-0.4, -0.2) is 24.9 Å². The SMILES string of the molecule is CCCCCCCCC[C@H]1OC[C@@H](CCl)O1. The van der Waals surface area contributed by atoms with Crippen LogP contribution in [0.1, 0.15) is 58.3 Å². The van der Waals surface area contributed by atoms with E-state index < -0.39 is 0 Å². The first-order chi connectivity index (χ1) is 7.86. The van der Waals surface area contributed by atoms with Gasteiger partial charge in [0.2, 0.25) is 0 Å². The van der Waals surface area contributed by atoms with Crippen molar-refractivity contribution in [2.75, 3.05) is 12.5 Å². The Balaban J connectivity index is 1.84. The molecule has 0 radical (unpaired) electrons. The normalized spacial score (nSPS) is 25.1. The lowest BCUT2D eigenvalue weighted by Gasteiger charge is -2.09. The van der Waals surface area contributed by atoms with Crippen LogP contribution < -0.4 is 0 Å². The standard InChI is InChI=1S/C13H25ClO2/c1-2-3-4-5-6-7-8-9-13-15-11-12(10-14)16-13/h12-13H,2-11H2,1H3/t12-,13+/m1/s1. The van der Waals surface area contributed by atoms with E-state index in [1.807, 2.05) is 0 Å². The van der Waals surface area contributed by atoms with Crippen LogP contribution in [0.2, 0.25) is 0 Å². The lowest BCUT2D eigenvalue weighted by atomic mass is 10.1. The first-order valence-corrected chi connectivity index (χ1v) is 7.23. The molecule has 1 aliphatic rings. The molecule has 96 valence electrons. The zero-order valence-electron chi connectivity index (χ0n) is 10.4. The Morgan fingerprint density at radius 3 is 2.38 bits per heavy atom. The predicted molar refractivity (Wildman–Crippen MR) is 67.9 cm³/mol. The molecule has 1 rings (SSSR count). The van der Waals surface area contributed by atoms with Gasteiger partial charge in [0.1, 0.15) is 0 Å². The van der Waals surface area contributed by atoms with Crippen LogP contribution in [-0.2, 0) is 9.47 Å². The minimum Gasteiger partial charge on any atom is -0.350 e. The highest BCUT2D eigenvalue weighted by Crippen LogP contribution is 2.18. The summed E-state index contributed by atoms with van der Waals surface area (Å²) in [5.41, 5.74) is 0. The molecule has 3 heteroatoms. The summed E-state index contributed by atoms with van der Waals surface area (Å²) >= 11 is 5.70. The maximum absolute atomic E-state index is 5.70. The first kappa shape index (κ1) is 14.3. The van der Waals surface area contributed by atoms with Crippen LogP contribution in [0.15, 0.2) is 0 Å². The molecule has 0 unspecified atom stereocenters. The summed E-state index contributed by atoms with van der Waals surface area (Å²) in [7, 11) is 0. The van der Waals surface area contributed by atoms with E-state index in [4.69, 9.17) is 21.1 Å². The van der Waals surface area contributed by atoms with Crippen LogP contribution in [0.5, 0.6) is 0 Å². The van der Waals surface area contributed by atoms with Crippen LogP contribution in [0.25, 0.3) is 0 Å². The molecule has 0 amide bonds. The summed E-state index contributed by atoms with van der Waals surface area (Å²) in [5.74, 6) is 0.549. The number of unbranched alkanes of at least 4 members (excludes halogenated alkanes) is 6. The van der Waals surface area contributed by atoms with Gasteiger partial charge in [0.05, 0.1) is 18.6 Å². The molecular weight excluding hydrogens is 224 g/mol. The number of halogens is 1. The van der Waals surface area contributed by atoms with Gasteiger partial charge in [-0.2, -0.15) is 0 Å². The van der Waals surface area contributed by atoms with Gasteiger partial charge in [-0.3, -0.25) is 0 Å². The lowest BCUT2D eigenvalue weighted by Crippen LogP contribution is -2.13. The summed E-state index contributed by atoms with van der Waals surface area (Å²) in [6, 6.07) is 0. The zero-order chi connectivity index (χ0) is 11.6. The van der Waals surface area contributed by atoms with Crippen molar-refractivity contribution in [2.24, 2.45) is 0 Å². The molecule has 1 saturated heterocycles. The highest BCUT2D eigenvalue weighted by atomic mass is 35.5. The molecule has 0 bridgehead atoms. The molecule has 0 aliphatic carbocycles. The van der Waals surface area contributed by atoms with Crippen LogP contribution >= 0.6 is 11.6 Å². The summed E-state index contributed by atoms with van der Waals surface area (Å²) in [5, 5.41) is 0. The third-order valence-electron chi connectivity index (χ3n) is 3.03. The fourth-order valence-electron chi connectivity index (χ4n) is 2.01. The third kappa shape index (κ3) is 6.07. The first-order valence-electron chi connectivity index (χ1n) is 6.69. The molecule has 0 aromatic carbocycles. The number of hydrogen-bond donors (Lipinski definition) is 0. The quantitative estimate of drug-likeness (QED) is 0.452. The van der Waals surface area contributed by atoms with Crippen molar-refractivity contribution >= 4 is 11.6 Å². The second-order valence-corrected chi connectivity index (χ2v) is 4.89. The minimum atomic E-state index is 0.0133. The highest BCUT2D eigenvalue weighted by Gasteiger charge is 2.24. The summed E-state index contributed by atoms with van der Waals surface area (Å²) in [4.78, 5) is 0. The van der Waals surface area contributed by atoms with E-state index in [1.165, 1.54) is 44.9 Å². The molecule has 2 nitrogen and oxygen atoms in total. The Bertz CT molecular complexity index is 164. The van der Waals surface area contributed by atoms with Gasteiger partial charge in [-0.15, -0.1) is 11.6 Å². The molecule has 0 N–H and O–H groups in total. The van der Waals surface area contributed by atoms with Crippen molar-refractivity contribution in [2.45, 2.75) is 70.7 Å². The zero-order valence-corrected chi connectivity index (χ0v) is 11.2. The van der Waals surface area contributed by atoms with Crippen molar-refractivity contribution in [3.8, 4) is 0 Å². The maximum Gasteiger partial charge on any atom is 0.158 e. The van der Waals surface area contributed by atoms with Gasteiger partial charge in [0.25, 0.3) is 0 Å². The molecule has 0 spiro atoms. The lowest BCUT2D eigenvalue weighted by molar-refractivity contribution is -0.0599. The van der Waals surface area contributed by atoms with Crippen molar-refractivity contribution in [1.29, 1.82) is 0 Å². The average molecular weight is 249 g/mol. The maximum atomic E-state index is 5.70. The minimum absolute atomic E-state index is 0.0133. The molecule has 0 aromatic rings. The monoisotopic (exact) mass is 248 g/mol. The van der Waals surface area contributed by atoms with Crippen molar-refractivity contribution < 1.29 is 9.47 Å². The second kappa shape index (κ2) is 9.26. The highest BCUT2D eigenvalue weighted by molar-refractivity contribution is 6.18. The van der Waals surface area contributed by atoms with E-state index in [9.17, 15) is 0 Å². The average Bonchev–Trinajstić information content (AvgIpc) is 2.76. The fraction of sp³-hybridized carbons (Fsp3) is 1.00. The van der Waals surface area contributed by atoms with E-state index in [2.05, 4.69) is 6.92 Å². The van der Waals surface area contributed by atoms with E-state index in [0.29, 0.717) is 12.5 Å². The van der Waals surface area contributed by atoms with Gasteiger partial charge >= 0.3 is 0 Å².